The summed E-state index contributed by atoms with van der Waals surface area (Å²) in [6.45, 7) is 2.09. The first-order valence-electron chi connectivity index (χ1n) is 8.87. The molecular formula is C18H23F2N3O. The SMILES string of the molecule is O=C(NC1CCN(C2CC2)CC1)N[C@H]1C[C@H]1c1c(F)cccc1F. The molecule has 2 aliphatic carbocycles. The van der Waals surface area contributed by atoms with Crippen molar-refractivity contribution in [2.75, 3.05) is 13.1 Å². The molecule has 0 aromatic heterocycles. The van der Waals surface area contributed by atoms with Crippen LogP contribution in [0.25, 0.3) is 0 Å². The number of benzene rings is 1. The van der Waals surface area contributed by atoms with Crippen LogP contribution in [0.2, 0.25) is 0 Å². The number of carbonyl (C=O) groups excluding carboxylic acids is 1. The lowest BCUT2D eigenvalue weighted by Crippen LogP contribution is -2.48. The van der Waals surface area contributed by atoms with E-state index in [1.54, 1.807) is 0 Å². The van der Waals surface area contributed by atoms with Crippen LogP contribution in [0, 0.1) is 11.6 Å². The zero-order valence-corrected chi connectivity index (χ0v) is 13.6. The molecule has 1 aromatic rings. The monoisotopic (exact) mass is 335 g/mol. The van der Waals surface area contributed by atoms with Crippen molar-refractivity contribution < 1.29 is 13.6 Å². The maximum atomic E-state index is 13.8. The molecule has 0 bridgehead atoms. The van der Waals surface area contributed by atoms with Gasteiger partial charge in [-0.1, -0.05) is 6.07 Å². The highest BCUT2D eigenvalue weighted by Crippen LogP contribution is 2.43. The number of piperidine rings is 1. The van der Waals surface area contributed by atoms with Crippen molar-refractivity contribution in [1.29, 1.82) is 0 Å². The molecule has 1 heterocycles. The van der Waals surface area contributed by atoms with E-state index in [1.807, 2.05) is 0 Å². The second-order valence-corrected chi connectivity index (χ2v) is 7.24. The minimum absolute atomic E-state index is 0.0977. The Kier molecular flexibility index (Phi) is 4.16. The molecule has 3 aliphatic rings. The highest BCUT2D eigenvalue weighted by atomic mass is 19.1. The summed E-state index contributed by atoms with van der Waals surface area (Å²) in [7, 11) is 0. The number of urea groups is 1. The summed E-state index contributed by atoms with van der Waals surface area (Å²) in [5.41, 5.74) is 0.0977. The molecule has 0 spiro atoms. The quantitative estimate of drug-likeness (QED) is 0.889. The van der Waals surface area contributed by atoms with Gasteiger partial charge in [0.25, 0.3) is 0 Å². The Morgan fingerprint density at radius 2 is 1.71 bits per heavy atom. The highest BCUT2D eigenvalue weighted by Gasteiger charge is 2.43. The summed E-state index contributed by atoms with van der Waals surface area (Å²) in [4.78, 5) is 14.6. The molecule has 1 aromatic carbocycles. The lowest BCUT2D eigenvalue weighted by molar-refractivity contribution is 0.186. The van der Waals surface area contributed by atoms with Crippen molar-refractivity contribution in [2.24, 2.45) is 0 Å². The van der Waals surface area contributed by atoms with E-state index in [0.29, 0.717) is 6.42 Å². The molecule has 6 heteroatoms. The van der Waals surface area contributed by atoms with Gasteiger partial charge in [-0.05, 0) is 44.2 Å². The number of halogens is 2. The first-order chi connectivity index (χ1) is 11.6. The summed E-state index contributed by atoms with van der Waals surface area (Å²) < 4.78 is 27.5. The van der Waals surface area contributed by atoms with Gasteiger partial charge in [0.1, 0.15) is 11.6 Å². The lowest BCUT2D eigenvalue weighted by Gasteiger charge is -2.32. The van der Waals surface area contributed by atoms with Crippen LogP contribution in [0.4, 0.5) is 13.6 Å². The van der Waals surface area contributed by atoms with Gasteiger partial charge in [0.15, 0.2) is 0 Å². The van der Waals surface area contributed by atoms with E-state index in [-0.39, 0.29) is 29.6 Å². The molecule has 3 fully saturated rings. The molecule has 2 N–H and O–H groups in total. The second-order valence-electron chi connectivity index (χ2n) is 7.24. The van der Waals surface area contributed by atoms with Crippen molar-refractivity contribution in [3.8, 4) is 0 Å². The van der Waals surface area contributed by atoms with E-state index >= 15 is 0 Å². The Balaban J connectivity index is 1.24. The summed E-state index contributed by atoms with van der Waals surface area (Å²) in [5, 5.41) is 5.86. The molecule has 2 saturated carbocycles. The van der Waals surface area contributed by atoms with Crippen LogP contribution in [-0.2, 0) is 0 Å². The average molecular weight is 335 g/mol. The zero-order chi connectivity index (χ0) is 16.7. The van der Waals surface area contributed by atoms with E-state index in [4.69, 9.17) is 0 Å². The Bertz CT molecular complexity index is 606. The summed E-state index contributed by atoms with van der Waals surface area (Å²) in [6, 6.07) is 4.47. The first kappa shape index (κ1) is 15.8. The van der Waals surface area contributed by atoms with E-state index in [9.17, 15) is 13.6 Å². The maximum Gasteiger partial charge on any atom is 0.315 e. The predicted octanol–water partition coefficient (Wildman–Crippen LogP) is 2.75. The first-order valence-corrected chi connectivity index (χ1v) is 8.87. The number of hydrogen-bond donors (Lipinski definition) is 2. The molecule has 0 radical (unpaired) electrons. The predicted molar refractivity (Wildman–Crippen MR) is 86.8 cm³/mol. The van der Waals surface area contributed by atoms with Crippen LogP contribution in [0.15, 0.2) is 18.2 Å². The largest absolute Gasteiger partial charge is 0.335 e. The number of nitrogens with one attached hydrogen (secondary N) is 2. The maximum absolute atomic E-state index is 13.8. The molecule has 1 aliphatic heterocycles. The third-order valence-corrected chi connectivity index (χ3v) is 5.41. The Morgan fingerprint density at radius 1 is 1.04 bits per heavy atom. The van der Waals surface area contributed by atoms with Gasteiger partial charge in [-0.3, -0.25) is 0 Å². The molecule has 0 unspecified atom stereocenters. The molecule has 2 atom stereocenters. The number of carbonyl (C=O) groups is 1. The minimum atomic E-state index is -0.530. The van der Waals surface area contributed by atoms with Crippen molar-refractivity contribution >= 4 is 6.03 Å². The highest BCUT2D eigenvalue weighted by molar-refractivity contribution is 5.75. The van der Waals surface area contributed by atoms with E-state index in [1.165, 1.54) is 31.0 Å². The van der Waals surface area contributed by atoms with Crippen LogP contribution >= 0.6 is 0 Å². The average Bonchev–Trinajstić information content (AvgIpc) is 3.44. The van der Waals surface area contributed by atoms with Gasteiger partial charge in [0.2, 0.25) is 0 Å². The number of hydrogen-bond acceptors (Lipinski definition) is 2. The van der Waals surface area contributed by atoms with Crippen molar-refractivity contribution in [3.63, 3.8) is 0 Å². The number of nitrogens with zero attached hydrogens (tertiary/aromatic N) is 1. The van der Waals surface area contributed by atoms with Crippen molar-refractivity contribution in [2.45, 2.75) is 56.1 Å². The fourth-order valence-corrected chi connectivity index (χ4v) is 3.78. The zero-order valence-electron chi connectivity index (χ0n) is 13.6. The molecular weight excluding hydrogens is 312 g/mol. The Hall–Kier alpha value is -1.69. The Morgan fingerprint density at radius 3 is 2.33 bits per heavy atom. The fourth-order valence-electron chi connectivity index (χ4n) is 3.78. The van der Waals surface area contributed by atoms with Gasteiger partial charge >= 0.3 is 6.03 Å². The van der Waals surface area contributed by atoms with Crippen LogP contribution in [0.3, 0.4) is 0 Å². The van der Waals surface area contributed by atoms with E-state index < -0.39 is 11.6 Å². The van der Waals surface area contributed by atoms with E-state index in [2.05, 4.69) is 15.5 Å². The smallest absolute Gasteiger partial charge is 0.315 e. The number of rotatable bonds is 4. The topological polar surface area (TPSA) is 44.4 Å². The lowest BCUT2D eigenvalue weighted by atomic mass is 10.1. The molecule has 2 amide bonds. The number of amides is 2. The van der Waals surface area contributed by atoms with Crippen LogP contribution < -0.4 is 10.6 Å². The van der Waals surface area contributed by atoms with Crippen molar-refractivity contribution in [3.05, 3.63) is 35.4 Å². The van der Waals surface area contributed by atoms with Crippen LogP contribution in [-0.4, -0.2) is 42.1 Å². The van der Waals surface area contributed by atoms with Gasteiger partial charge in [0.05, 0.1) is 0 Å². The minimum Gasteiger partial charge on any atom is -0.335 e. The molecule has 130 valence electrons. The van der Waals surface area contributed by atoms with Gasteiger partial charge < -0.3 is 15.5 Å². The van der Waals surface area contributed by atoms with Gasteiger partial charge in [-0.15, -0.1) is 0 Å². The van der Waals surface area contributed by atoms with E-state index in [0.717, 1.165) is 32.0 Å². The molecule has 4 rings (SSSR count). The summed E-state index contributed by atoms with van der Waals surface area (Å²) in [6.07, 6.45) is 5.16. The van der Waals surface area contributed by atoms with Crippen molar-refractivity contribution in [1.82, 2.24) is 15.5 Å². The third-order valence-electron chi connectivity index (χ3n) is 5.41. The molecule has 4 nitrogen and oxygen atoms in total. The van der Waals surface area contributed by atoms with Gasteiger partial charge in [-0.25, -0.2) is 13.6 Å². The summed E-state index contributed by atoms with van der Waals surface area (Å²) >= 11 is 0. The third kappa shape index (κ3) is 3.38. The number of likely N-dealkylation sites (tertiary alicyclic amines) is 1. The van der Waals surface area contributed by atoms with Crippen LogP contribution in [0.5, 0.6) is 0 Å². The summed E-state index contributed by atoms with van der Waals surface area (Å²) in [5.74, 6) is -1.32. The van der Waals surface area contributed by atoms with Gasteiger partial charge in [-0.2, -0.15) is 0 Å². The molecule has 1 saturated heterocycles. The van der Waals surface area contributed by atoms with Crippen LogP contribution in [0.1, 0.15) is 43.6 Å². The normalized spacial score (nSPS) is 27.8. The standard InChI is InChI=1S/C18H23F2N3O/c19-14-2-1-3-15(20)17(14)13-10-16(13)22-18(24)21-11-6-8-23(9-7-11)12-4-5-12/h1-3,11-13,16H,4-10H2,(H2,21,22,24)/t13-,16+/m1/s1. The Labute approximate surface area is 140 Å². The van der Waals surface area contributed by atoms with Gasteiger partial charge in [0, 0.05) is 42.7 Å². The molecule has 24 heavy (non-hydrogen) atoms. The second kappa shape index (κ2) is 6.31. The fraction of sp³-hybridized carbons (Fsp3) is 0.611.